The fourth-order valence-corrected chi connectivity index (χ4v) is 4.73. The zero-order valence-electron chi connectivity index (χ0n) is 14.8. The molecule has 4 rings (SSSR count). The fraction of sp³-hybridized carbons (Fsp3) is 0.250. The lowest BCUT2D eigenvalue weighted by Gasteiger charge is -2.15. The molecular weight excluding hydrogens is 465 g/mol. The van der Waals surface area contributed by atoms with Gasteiger partial charge in [-0.2, -0.15) is 0 Å². The molecule has 1 unspecified atom stereocenters. The zero-order chi connectivity index (χ0) is 19.7. The van der Waals surface area contributed by atoms with Crippen molar-refractivity contribution in [1.82, 2.24) is 14.3 Å². The van der Waals surface area contributed by atoms with Crippen LogP contribution in [0.15, 0.2) is 52.0 Å². The van der Waals surface area contributed by atoms with Crippen LogP contribution in [0.25, 0.3) is 22.6 Å². The van der Waals surface area contributed by atoms with E-state index in [-0.39, 0.29) is 12.4 Å². The maximum absolute atomic E-state index is 13.8. The first-order valence-electron chi connectivity index (χ1n) is 8.87. The standard InChI is InChI=1S/C20H18BrClFN3OS/c21-15-3-1-13(7-17(15)23)18-9-24-20(25-18)14-2-4-16(22)19(8-14)28-26-6-5-12(10-26)11-27/h1-4,7-9,12,27H,5-6,10-11H2,(H,24,25). The average Bonchev–Trinajstić information content (AvgIpc) is 3.35. The third kappa shape index (κ3) is 4.28. The molecule has 146 valence electrons. The minimum atomic E-state index is -0.314. The van der Waals surface area contributed by atoms with Crippen LogP contribution < -0.4 is 0 Å². The van der Waals surface area contributed by atoms with Gasteiger partial charge in [0, 0.05) is 35.7 Å². The number of aliphatic hydroxyl groups excluding tert-OH is 1. The molecule has 1 aliphatic rings. The highest BCUT2D eigenvalue weighted by Crippen LogP contribution is 2.36. The topological polar surface area (TPSA) is 52.1 Å². The maximum Gasteiger partial charge on any atom is 0.138 e. The molecule has 0 radical (unpaired) electrons. The second-order valence-corrected chi connectivity index (χ2v) is 9.14. The van der Waals surface area contributed by atoms with Crippen molar-refractivity contribution in [2.24, 2.45) is 5.92 Å². The second-order valence-electron chi connectivity index (χ2n) is 6.74. The molecule has 8 heteroatoms. The van der Waals surface area contributed by atoms with Crippen LogP contribution >= 0.6 is 39.5 Å². The van der Waals surface area contributed by atoms with E-state index in [0.717, 1.165) is 41.2 Å². The summed E-state index contributed by atoms with van der Waals surface area (Å²) in [6, 6.07) is 10.8. The summed E-state index contributed by atoms with van der Waals surface area (Å²) in [4.78, 5) is 8.66. The summed E-state index contributed by atoms with van der Waals surface area (Å²) >= 11 is 11.2. The van der Waals surface area contributed by atoms with Crippen molar-refractivity contribution in [3.05, 3.63) is 57.9 Å². The van der Waals surface area contributed by atoms with Crippen LogP contribution in [0.2, 0.25) is 5.02 Å². The molecule has 0 spiro atoms. The van der Waals surface area contributed by atoms with E-state index in [0.29, 0.717) is 21.2 Å². The van der Waals surface area contributed by atoms with Gasteiger partial charge in [-0.1, -0.05) is 17.7 Å². The van der Waals surface area contributed by atoms with Crippen LogP contribution in [0, 0.1) is 11.7 Å². The highest BCUT2D eigenvalue weighted by atomic mass is 79.9. The molecular formula is C20H18BrClFN3OS. The van der Waals surface area contributed by atoms with Crippen molar-refractivity contribution in [2.75, 3.05) is 19.7 Å². The van der Waals surface area contributed by atoms with E-state index in [1.165, 1.54) is 6.07 Å². The number of aromatic nitrogens is 2. The van der Waals surface area contributed by atoms with E-state index in [9.17, 15) is 9.50 Å². The number of hydrogen-bond donors (Lipinski definition) is 2. The van der Waals surface area contributed by atoms with Gasteiger partial charge in [-0.15, -0.1) is 0 Å². The molecule has 3 aromatic rings. The van der Waals surface area contributed by atoms with E-state index in [1.54, 1.807) is 24.2 Å². The lowest BCUT2D eigenvalue weighted by Crippen LogP contribution is -2.13. The summed E-state index contributed by atoms with van der Waals surface area (Å²) in [5, 5.41) is 10.0. The van der Waals surface area contributed by atoms with Gasteiger partial charge in [0.25, 0.3) is 0 Å². The number of H-pyrrole nitrogens is 1. The minimum Gasteiger partial charge on any atom is -0.396 e. The Morgan fingerprint density at radius 3 is 2.86 bits per heavy atom. The average molecular weight is 483 g/mol. The van der Waals surface area contributed by atoms with Gasteiger partial charge >= 0.3 is 0 Å². The van der Waals surface area contributed by atoms with E-state index in [4.69, 9.17) is 11.6 Å². The Morgan fingerprint density at radius 1 is 1.29 bits per heavy atom. The van der Waals surface area contributed by atoms with Crippen molar-refractivity contribution in [1.29, 1.82) is 0 Å². The molecule has 0 aliphatic carbocycles. The third-order valence-electron chi connectivity index (χ3n) is 4.75. The number of halogens is 3. The van der Waals surface area contributed by atoms with Crippen molar-refractivity contribution in [2.45, 2.75) is 11.3 Å². The van der Waals surface area contributed by atoms with Gasteiger partial charge in [-0.25, -0.2) is 13.7 Å². The number of nitrogens with one attached hydrogen (secondary N) is 1. The first-order chi connectivity index (χ1) is 13.5. The molecule has 1 fully saturated rings. The Balaban J connectivity index is 1.56. The van der Waals surface area contributed by atoms with Gasteiger partial charge in [0.15, 0.2) is 0 Å². The van der Waals surface area contributed by atoms with Crippen molar-refractivity contribution in [3.8, 4) is 22.6 Å². The van der Waals surface area contributed by atoms with Crippen molar-refractivity contribution >= 4 is 39.5 Å². The molecule has 1 aliphatic heterocycles. The predicted molar refractivity (Wildman–Crippen MR) is 115 cm³/mol. The molecule has 2 aromatic carbocycles. The minimum absolute atomic E-state index is 0.219. The van der Waals surface area contributed by atoms with Gasteiger partial charge in [-0.05, 0) is 70.5 Å². The molecule has 1 saturated heterocycles. The van der Waals surface area contributed by atoms with E-state index in [1.807, 2.05) is 24.3 Å². The fourth-order valence-electron chi connectivity index (χ4n) is 3.17. The molecule has 4 nitrogen and oxygen atoms in total. The van der Waals surface area contributed by atoms with Crippen LogP contribution in [0.1, 0.15) is 6.42 Å². The van der Waals surface area contributed by atoms with Crippen LogP contribution in [0.3, 0.4) is 0 Å². The summed E-state index contributed by atoms with van der Waals surface area (Å²) < 4.78 is 16.5. The van der Waals surface area contributed by atoms with Crippen LogP contribution in [0.5, 0.6) is 0 Å². The highest BCUT2D eigenvalue weighted by molar-refractivity contribution is 9.10. The summed E-state index contributed by atoms with van der Waals surface area (Å²) in [5.74, 6) is 0.713. The number of aliphatic hydroxyl groups is 1. The second kappa shape index (κ2) is 8.55. The van der Waals surface area contributed by atoms with E-state index < -0.39 is 0 Å². The molecule has 0 amide bonds. The lowest BCUT2D eigenvalue weighted by atomic mass is 10.1. The van der Waals surface area contributed by atoms with Gasteiger partial charge in [-0.3, -0.25) is 0 Å². The Bertz CT molecular complexity index is 999. The van der Waals surface area contributed by atoms with Gasteiger partial charge in [0.2, 0.25) is 0 Å². The maximum atomic E-state index is 13.8. The normalized spacial score (nSPS) is 17.4. The molecule has 2 heterocycles. The van der Waals surface area contributed by atoms with Crippen LogP contribution in [0.4, 0.5) is 4.39 Å². The monoisotopic (exact) mass is 481 g/mol. The Labute approximate surface area is 180 Å². The SMILES string of the molecule is OCC1CCN(Sc2cc(-c3ncc(-c4ccc(Br)c(F)c4)[nH]3)ccc2Cl)C1. The largest absolute Gasteiger partial charge is 0.396 e. The Morgan fingerprint density at radius 2 is 2.11 bits per heavy atom. The smallest absolute Gasteiger partial charge is 0.138 e. The number of imidazole rings is 1. The molecule has 2 N–H and O–H groups in total. The molecule has 0 bridgehead atoms. The molecule has 28 heavy (non-hydrogen) atoms. The van der Waals surface area contributed by atoms with Crippen LogP contribution in [-0.4, -0.2) is 39.1 Å². The molecule has 1 atom stereocenters. The summed E-state index contributed by atoms with van der Waals surface area (Å²) in [7, 11) is 0. The van der Waals surface area contributed by atoms with Crippen molar-refractivity contribution in [3.63, 3.8) is 0 Å². The summed E-state index contributed by atoms with van der Waals surface area (Å²) in [6.07, 6.45) is 2.69. The third-order valence-corrected chi connectivity index (χ3v) is 6.95. The zero-order valence-corrected chi connectivity index (χ0v) is 18.0. The van der Waals surface area contributed by atoms with Gasteiger partial charge < -0.3 is 10.1 Å². The lowest BCUT2D eigenvalue weighted by molar-refractivity contribution is 0.234. The number of nitrogens with zero attached hydrogens (tertiary/aromatic N) is 2. The first-order valence-corrected chi connectivity index (χ1v) is 10.8. The number of rotatable bonds is 5. The predicted octanol–water partition coefficient (Wildman–Crippen LogP) is 5.62. The number of aromatic amines is 1. The number of hydrogen-bond acceptors (Lipinski definition) is 4. The number of benzene rings is 2. The van der Waals surface area contributed by atoms with Gasteiger partial charge in [0.1, 0.15) is 11.6 Å². The summed E-state index contributed by atoms with van der Waals surface area (Å²) in [5.41, 5.74) is 2.39. The first kappa shape index (κ1) is 19.9. The van der Waals surface area contributed by atoms with Gasteiger partial charge in [0.05, 0.1) is 21.4 Å². The highest BCUT2D eigenvalue weighted by Gasteiger charge is 2.23. The molecule has 1 aromatic heterocycles. The summed E-state index contributed by atoms with van der Waals surface area (Å²) in [6.45, 7) is 1.99. The quantitative estimate of drug-likeness (QED) is 0.464. The Hall–Kier alpha value is -1.38. The van der Waals surface area contributed by atoms with E-state index in [2.05, 4.69) is 30.2 Å². The van der Waals surface area contributed by atoms with Crippen LogP contribution in [-0.2, 0) is 0 Å². The van der Waals surface area contributed by atoms with Crippen molar-refractivity contribution < 1.29 is 9.50 Å². The Kier molecular flexibility index (Phi) is 6.08. The molecule has 0 saturated carbocycles. The van der Waals surface area contributed by atoms with E-state index >= 15 is 0 Å².